The Balaban J connectivity index is 2.12. The van der Waals surface area contributed by atoms with E-state index in [4.69, 9.17) is 20.3 Å². The SMILES string of the molecule is CC(C)(c1ccc(CCCN)o1)c1ccc(CCCN)o1. The highest BCUT2D eigenvalue weighted by molar-refractivity contribution is 5.28. The molecule has 116 valence electrons. The van der Waals surface area contributed by atoms with Gasteiger partial charge in [-0.15, -0.1) is 0 Å². The van der Waals surface area contributed by atoms with Crippen molar-refractivity contribution in [3.63, 3.8) is 0 Å². The molecule has 0 amide bonds. The predicted octanol–water partition coefficient (Wildman–Crippen LogP) is 2.98. The third kappa shape index (κ3) is 3.77. The first-order valence-electron chi connectivity index (χ1n) is 7.66. The number of nitrogens with two attached hydrogens (primary N) is 2. The smallest absolute Gasteiger partial charge is 0.117 e. The van der Waals surface area contributed by atoms with Crippen LogP contribution in [0.3, 0.4) is 0 Å². The lowest BCUT2D eigenvalue weighted by Crippen LogP contribution is -2.17. The van der Waals surface area contributed by atoms with Crippen LogP contribution in [0.5, 0.6) is 0 Å². The molecule has 0 aliphatic carbocycles. The maximum absolute atomic E-state index is 5.96. The number of hydrogen-bond acceptors (Lipinski definition) is 4. The van der Waals surface area contributed by atoms with E-state index in [1.54, 1.807) is 0 Å². The van der Waals surface area contributed by atoms with E-state index in [9.17, 15) is 0 Å². The molecule has 0 atom stereocenters. The Kier molecular flexibility index (Phi) is 5.26. The lowest BCUT2D eigenvalue weighted by molar-refractivity contribution is 0.341. The van der Waals surface area contributed by atoms with Crippen molar-refractivity contribution >= 4 is 0 Å². The van der Waals surface area contributed by atoms with Crippen molar-refractivity contribution < 1.29 is 8.83 Å². The fourth-order valence-electron chi connectivity index (χ4n) is 2.37. The van der Waals surface area contributed by atoms with Gasteiger partial charge in [0.15, 0.2) is 0 Å². The number of furan rings is 2. The molecule has 0 aromatic carbocycles. The van der Waals surface area contributed by atoms with Gasteiger partial charge in [0.2, 0.25) is 0 Å². The van der Waals surface area contributed by atoms with E-state index in [2.05, 4.69) is 13.8 Å². The van der Waals surface area contributed by atoms with Gasteiger partial charge in [0, 0.05) is 12.8 Å². The van der Waals surface area contributed by atoms with Crippen LogP contribution in [0, 0.1) is 0 Å². The molecule has 4 nitrogen and oxygen atoms in total. The molecule has 2 aromatic rings. The second kappa shape index (κ2) is 6.96. The predicted molar refractivity (Wildman–Crippen MR) is 84.3 cm³/mol. The van der Waals surface area contributed by atoms with Crippen LogP contribution in [0.1, 0.15) is 49.7 Å². The van der Waals surface area contributed by atoms with Gasteiger partial charge < -0.3 is 20.3 Å². The molecule has 0 aliphatic heterocycles. The van der Waals surface area contributed by atoms with Gasteiger partial charge in [-0.2, -0.15) is 0 Å². The Labute approximate surface area is 126 Å². The summed E-state index contributed by atoms with van der Waals surface area (Å²) in [5, 5.41) is 0. The Bertz CT molecular complexity index is 506. The van der Waals surface area contributed by atoms with E-state index in [1.165, 1.54) is 0 Å². The molecule has 0 saturated carbocycles. The third-order valence-electron chi connectivity index (χ3n) is 3.81. The quantitative estimate of drug-likeness (QED) is 0.783. The first-order valence-corrected chi connectivity index (χ1v) is 7.66. The molecule has 0 unspecified atom stereocenters. The van der Waals surface area contributed by atoms with Crippen molar-refractivity contribution in [2.24, 2.45) is 11.5 Å². The minimum atomic E-state index is -0.276. The van der Waals surface area contributed by atoms with Crippen molar-refractivity contribution in [2.45, 2.75) is 44.9 Å². The Morgan fingerprint density at radius 1 is 0.810 bits per heavy atom. The van der Waals surface area contributed by atoms with Crippen molar-refractivity contribution in [1.82, 2.24) is 0 Å². The van der Waals surface area contributed by atoms with E-state index in [-0.39, 0.29) is 5.41 Å². The highest BCUT2D eigenvalue weighted by atomic mass is 16.4. The molecule has 0 bridgehead atoms. The zero-order valence-electron chi connectivity index (χ0n) is 13.0. The summed E-state index contributed by atoms with van der Waals surface area (Å²) in [6.07, 6.45) is 3.65. The topological polar surface area (TPSA) is 78.3 Å². The van der Waals surface area contributed by atoms with Crippen molar-refractivity contribution in [3.8, 4) is 0 Å². The van der Waals surface area contributed by atoms with Gasteiger partial charge in [-0.3, -0.25) is 0 Å². The summed E-state index contributed by atoms with van der Waals surface area (Å²) in [6, 6.07) is 8.14. The fourth-order valence-corrected chi connectivity index (χ4v) is 2.37. The monoisotopic (exact) mass is 290 g/mol. The summed E-state index contributed by atoms with van der Waals surface area (Å²) in [5.41, 5.74) is 10.8. The van der Waals surface area contributed by atoms with E-state index in [0.29, 0.717) is 13.1 Å². The highest BCUT2D eigenvalue weighted by Gasteiger charge is 2.30. The number of rotatable bonds is 8. The molecule has 0 fully saturated rings. The average Bonchev–Trinajstić information content (AvgIpc) is 3.12. The van der Waals surface area contributed by atoms with Crippen LogP contribution in [0.2, 0.25) is 0 Å². The van der Waals surface area contributed by atoms with Crippen LogP contribution in [0.15, 0.2) is 33.1 Å². The summed E-state index contributed by atoms with van der Waals surface area (Å²) in [5.74, 6) is 3.82. The van der Waals surface area contributed by atoms with E-state index in [0.717, 1.165) is 48.7 Å². The molecule has 21 heavy (non-hydrogen) atoms. The number of hydrogen-bond donors (Lipinski definition) is 2. The van der Waals surface area contributed by atoms with Gasteiger partial charge in [0.25, 0.3) is 0 Å². The van der Waals surface area contributed by atoms with Crippen molar-refractivity contribution in [2.75, 3.05) is 13.1 Å². The molecule has 2 aromatic heterocycles. The van der Waals surface area contributed by atoms with Crippen LogP contribution < -0.4 is 11.5 Å². The van der Waals surface area contributed by atoms with Crippen molar-refractivity contribution in [3.05, 3.63) is 47.3 Å². The summed E-state index contributed by atoms with van der Waals surface area (Å²) in [6.45, 7) is 5.60. The number of aryl methyl sites for hydroxylation is 2. The zero-order valence-corrected chi connectivity index (χ0v) is 13.0. The molecule has 0 radical (unpaired) electrons. The fraction of sp³-hybridized carbons (Fsp3) is 0.529. The molecule has 0 spiro atoms. The highest BCUT2D eigenvalue weighted by Crippen LogP contribution is 2.34. The molecule has 2 heterocycles. The molecule has 0 aliphatic rings. The minimum Gasteiger partial charge on any atom is -0.465 e. The van der Waals surface area contributed by atoms with Crippen LogP contribution in [0.25, 0.3) is 0 Å². The molecular formula is C17H26N2O2. The van der Waals surface area contributed by atoms with Gasteiger partial charge in [-0.25, -0.2) is 0 Å². The Morgan fingerprint density at radius 3 is 1.62 bits per heavy atom. The minimum absolute atomic E-state index is 0.276. The van der Waals surface area contributed by atoms with Gasteiger partial charge in [0.1, 0.15) is 23.0 Å². The van der Waals surface area contributed by atoms with Gasteiger partial charge in [-0.05, 0) is 64.0 Å². The third-order valence-corrected chi connectivity index (χ3v) is 3.81. The normalized spacial score (nSPS) is 12.0. The lowest BCUT2D eigenvalue weighted by atomic mass is 9.87. The average molecular weight is 290 g/mol. The van der Waals surface area contributed by atoms with E-state index >= 15 is 0 Å². The standard InChI is InChI=1S/C17H26N2O2/c1-17(2,15-9-7-13(20-15)5-3-11-18)16-10-8-14(21-16)6-4-12-19/h7-10H,3-6,11-12,18-19H2,1-2H3. The van der Waals surface area contributed by atoms with Gasteiger partial charge >= 0.3 is 0 Å². The second-order valence-electron chi connectivity index (χ2n) is 5.94. The second-order valence-corrected chi connectivity index (χ2v) is 5.94. The maximum Gasteiger partial charge on any atom is 0.117 e. The first-order chi connectivity index (χ1) is 10.1. The summed E-state index contributed by atoms with van der Waals surface area (Å²) >= 11 is 0. The maximum atomic E-state index is 5.96. The van der Waals surface area contributed by atoms with Crippen LogP contribution in [0.4, 0.5) is 0 Å². The molecule has 4 N–H and O–H groups in total. The van der Waals surface area contributed by atoms with Gasteiger partial charge in [0.05, 0.1) is 5.41 Å². The zero-order chi connectivity index (χ0) is 15.3. The van der Waals surface area contributed by atoms with E-state index < -0.39 is 0 Å². The molecular weight excluding hydrogens is 264 g/mol. The largest absolute Gasteiger partial charge is 0.465 e. The summed E-state index contributed by atoms with van der Waals surface area (Å²) in [7, 11) is 0. The molecule has 0 saturated heterocycles. The van der Waals surface area contributed by atoms with Crippen LogP contribution in [-0.2, 0) is 18.3 Å². The molecule has 4 heteroatoms. The van der Waals surface area contributed by atoms with E-state index in [1.807, 2.05) is 24.3 Å². The first kappa shape index (κ1) is 15.9. The van der Waals surface area contributed by atoms with Crippen LogP contribution >= 0.6 is 0 Å². The van der Waals surface area contributed by atoms with Gasteiger partial charge in [-0.1, -0.05) is 0 Å². The Morgan fingerprint density at radius 2 is 1.24 bits per heavy atom. The Hall–Kier alpha value is -1.52. The van der Waals surface area contributed by atoms with Crippen molar-refractivity contribution in [1.29, 1.82) is 0 Å². The molecule has 2 rings (SSSR count). The lowest BCUT2D eigenvalue weighted by Gasteiger charge is -2.19. The summed E-state index contributed by atoms with van der Waals surface area (Å²) < 4.78 is 11.9. The summed E-state index contributed by atoms with van der Waals surface area (Å²) in [4.78, 5) is 0. The van der Waals surface area contributed by atoms with Crippen LogP contribution in [-0.4, -0.2) is 13.1 Å².